The van der Waals surface area contributed by atoms with Crippen molar-refractivity contribution in [3.05, 3.63) is 29.8 Å². The molecule has 24 heavy (non-hydrogen) atoms. The molecular formula is C19H38O4Ti. The van der Waals surface area contributed by atoms with Crippen LogP contribution >= 0.6 is 0 Å². The molecule has 5 heteroatoms. The number of aryl methyl sites for hydroxylation is 1. The van der Waals surface area contributed by atoms with Crippen molar-refractivity contribution in [3.63, 3.8) is 0 Å². The van der Waals surface area contributed by atoms with Crippen LogP contribution in [0.15, 0.2) is 24.3 Å². The van der Waals surface area contributed by atoms with Gasteiger partial charge in [0.1, 0.15) is 5.75 Å². The standard InChI is InChI=1S/C7H8O.3C4H10O.Ti/c1-6-2-4-7(8)5-3-6;3*1-2-3-4-5;/h2-5,8H,1H3;3*5H,2-4H2,1H3;. The van der Waals surface area contributed by atoms with Gasteiger partial charge in [-0.1, -0.05) is 57.7 Å². The monoisotopic (exact) mass is 378 g/mol. The molecule has 1 aromatic rings. The Kier molecular flexibility index (Phi) is 39.9. The zero-order chi connectivity index (χ0) is 18.3. The Hall–Kier alpha value is -0.386. The number of aromatic hydroxyl groups is 1. The van der Waals surface area contributed by atoms with Gasteiger partial charge in [0, 0.05) is 41.5 Å². The molecule has 4 N–H and O–H groups in total. The van der Waals surface area contributed by atoms with E-state index in [4.69, 9.17) is 20.4 Å². The summed E-state index contributed by atoms with van der Waals surface area (Å²) < 4.78 is 0. The minimum atomic E-state index is 0. The molecule has 0 bridgehead atoms. The third kappa shape index (κ3) is 37.7. The first-order chi connectivity index (χ1) is 11.0. The summed E-state index contributed by atoms with van der Waals surface area (Å²) in [6, 6.07) is 7.09. The van der Waals surface area contributed by atoms with E-state index in [2.05, 4.69) is 20.8 Å². The van der Waals surface area contributed by atoms with E-state index in [0.29, 0.717) is 25.6 Å². The molecule has 0 aromatic heterocycles. The van der Waals surface area contributed by atoms with Gasteiger partial charge >= 0.3 is 0 Å². The fraction of sp³-hybridized carbons (Fsp3) is 0.684. The zero-order valence-electron chi connectivity index (χ0n) is 16.0. The van der Waals surface area contributed by atoms with Crippen LogP contribution in [-0.4, -0.2) is 40.2 Å². The van der Waals surface area contributed by atoms with Crippen LogP contribution < -0.4 is 0 Å². The Balaban J connectivity index is -0.000000113. The van der Waals surface area contributed by atoms with Crippen molar-refractivity contribution >= 4 is 0 Å². The maximum Gasteiger partial charge on any atom is 0.115 e. The van der Waals surface area contributed by atoms with Gasteiger partial charge in [0.2, 0.25) is 0 Å². The number of hydrogen-bond donors (Lipinski definition) is 4. The predicted molar refractivity (Wildman–Crippen MR) is 98.8 cm³/mol. The molecule has 0 atom stereocenters. The van der Waals surface area contributed by atoms with Crippen LogP contribution in [0.1, 0.15) is 64.9 Å². The van der Waals surface area contributed by atoms with Crippen LogP contribution in [0.2, 0.25) is 0 Å². The van der Waals surface area contributed by atoms with Crippen molar-refractivity contribution in [1.82, 2.24) is 0 Å². The first kappa shape index (κ1) is 31.4. The topological polar surface area (TPSA) is 80.9 Å². The Morgan fingerprint density at radius 3 is 1.08 bits per heavy atom. The Labute approximate surface area is 163 Å². The maximum atomic E-state index is 8.76. The number of benzene rings is 1. The van der Waals surface area contributed by atoms with E-state index in [1.807, 2.05) is 19.1 Å². The first-order valence-corrected chi connectivity index (χ1v) is 8.61. The minimum absolute atomic E-state index is 0. The fourth-order valence-corrected chi connectivity index (χ4v) is 1.02. The second-order valence-corrected chi connectivity index (χ2v) is 5.07. The average molecular weight is 378 g/mol. The summed E-state index contributed by atoms with van der Waals surface area (Å²) in [6.07, 6.45) is 6.11. The summed E-state index contributed by atoms with van der Waals surface area (Å²) in [7, 11) is 0. The third-order valence-electron chi connectivity index (χ3n) is 2.57. The average Bonchev–Trinajstić information content (AvgIpc) is 2.54. The summed E-state index contributed by atoms with van der Waals surface area (Å²) in [4.78, 5) is 0. The molecule has 0 aliphatic heterocycles. The van der Waals surface area contributed by atoms with Crippen LogP contribution in [0.3, 0.4) is 0 Å². The van der Waals surface area contributed by atoms with E-state index >= 15 is 0 Å². The number of unbranched alkanes of at least 4 members (excludes halogenated alkanes) is 3. The van der Waals surface area contributed by atoms with Crippen LogP contribution in [0.25, 0.3) is 0 Å². The molecule has 0 aliphatic carbocycles. The molecule has 1 rings (SSSR count). The normalized spacial score (nSPS) is 8.29. The Morgan fingerprint density at radius 1 is 0.667 bits per heavy atom. The SMILES string of the molecule is CCCCO.CCCCO.CCCCO.Cc1ccc(O)cc1.[Ti]. The second kappa shape index (κ2) is 30.5. The van der Waals surface area contributed by atoms with Gasteiger partial charge in [-0.05, 0) is 38.3 Å². The molecule has 0 radical (unpaired) electrons. The molecule has 0 spiro atoms. The van der Waals surface area contributed by atoms with Gasteiger partial charge in [-0.15, -0.1) is 0 Å². The van der Waals surface area contributed by atoms with Crippen molar-refractivity contribution in [2.75, 3.05) is 19.8 Å². The predicted octanol–water partition coefficient (Wildman–Crippen LogP) is 4.03. The smallest absolute Gasteiger partial charge is 0.115 e. The molecule has 4 nitrogen and oxygen atoms in total. The number of aliphatic hydroxyl groups is 3. The number of rotatable bonds is 6. The van der Waals surface area contributed by atoms with Gasteiger partial charge < -0.3 is 20.4 Å². The van der Waals surface area contributed by atoms with Crippen LogP contribution in [0.4, 0.5) is 0 Å². The van der Waals surface area contributed by atoms with Crippen LogP contribution in [-0.2, 0) is 21.7 Å². The van der Waals surface area contributed by atoms with E-state index in [-0.39, 0.29) is 21.7 Å². The molecular weight excluding hydrogens is 340 g/mol. The van der Waals surface area contributed by atoms with E-state index < -0.39 is 0 Å². The largest absolute Gasteiger partial charge is 0.508 e. The third-order valence-corrected chi connectivity index (χ3v) is 2.57. The summed E-state index contributed by atoms with van der Waals surface area (Å²) in [5.41, 5.74) is 1.17. The summed E-state index contributed by atoms with van der Waals surface area (Å²) >= 11 is 0. The molecule has 0 amide bonds. The molecule has 1 aromatic carbocycles. The summed E-state index contributed by atoms with van der Waals surface area (Å²) in [6.45, 7) is 9.17. The number of phenolic OH excluding ortho intramolecular Hbond substituents is 1. The van der Waals surface area contributed by atoms with E-state index in [0.717, 1.165) is 38.5 Å². The zero-order valence-corrected chi connectivity index (χ0v) is 17.5. The van der Waals surface area contributed by atoms with Gasteiger partial charge in [0.15, 0.2) is 0 Å². The molecule has 0 saturated carbocycles. The van der Waals surface area contributed by atoms with E-state index in [9.17, 15) is 0 Å². The summed E-state index contributed by atoms with van der Waals surface area (Å²) in [5.74, 6) is 0.329. The quantitative estimate of drug-likeness (QED) is 0.564. The number of hydrogen-bond acceptors (Lipinski definition) is 4. The Morgan fingerprint density at radius 2 is 0.958 bits per heavy atom. The molecule has 0 fully saturated rings. The molecule has 142 valence electrons. The van der Waals surface area contributed by atoms with Gasteiger partial charge in [-0.25, -0.2) is 0 Å². The van der Waals surface area contributed by atoms with Crippen LogP contribution in [0, 0.1) is 6.92 Å². The summed E-state index contributed by atoms with van der Waals surface area (Å²) in [5, 5.41) is 33.0. The molecule has 0 unspecified atom stereocenters. The van der Waals surface area contributed by atoms with Gasteiger partial charge in [0.25, 0.3) is 0 Å². The van der Waals surface area contributed by atoms with Crippen molar-refractivity contribution in [3.8, 4) is 5.75 Å². The maximum absolute atomic E-state index is 8.76. The molecule has 0 heterocycles. The van der Waals surface area contributed by atoms with Gasteiger partial charge in [0.05, 0.1) is 0 Å². The first-order valence-electron chi connectivity index (χ1n) is 8.61. The van der Waals surface area contributed by atoms with Crippen molar-refractivity contribution in [1.29, 1.82) is 0 Å². The van der Waals surface area contributed by atoms with E-state index in [1.165, 1.54) is 5.56 Å². The number of phenols is 1. The minimum Gasteiger partial charge on any atom is -0.508 e. The Bertz CT molecular complexity index is 251. The molecule has 0 saturated heterocycles. The van der Waals surface area contributed by atoms with E-state index in [1.54, 1.807) is 12.1 Å². The number of aliphatic hydroxyl groups excluding tert-OH is 3. The second-order valence-electron chi connectivity index (χ2n) is 5.07. The van der Waals surface area contributed by atoms with Gasteiger partial charge in [-0.2, -0.15) is 0 Å². The van der Waals surface area contributed by atoms with Crippen molar-refractivity contribution in [2.24, 2.45) is 0 Å². The molecule has 0 aliphatic rings. The van der Waals surface area contributed by atoms with Gasteiger partial charge in [-0.3, -0.25) is 0 Å². The van der Waals surface area contributed by atoms with Crippen molar-refractivity contribution < 1.29 is 42.1 Å². The van der Waals surface area contributed by atoms with Crippen LogP contribution in [0.5, 0.6) is 5.75 Å². The fourth-order valence-electron chi connectivity index (χ4n) is 1.02. The van der Waals surface area contributed by atoms with Crippen molar-refractivity contribution in [2.45, 2.75) is 66.2 Å².